The van der Waals surface area contributed by atoms with Gasteiger partial charge in [-0.15, -0.1) is 0 Å². The molecule has 2 aromatic carbocycles. The Morgan fingerprint density at radius 2 is 1.21 bits per heavy atom. The Hall–Kier alpha value is -2.49. The molecule has 210 valence electrons. The molecular formula is C30H43NO7. The molecule has 0 fully saturated rings. The molecule has 0 saturated heterocycles. The Morgan fingerprint density at radius 1 is 0.737 bits per heavy atom. The van der Waals surface area contributed by atoms with E-state index < -0.39 is 6.09 Å². The van der Waals surface area contributed by atoms with E-state index in [4.69, 9.17) is 28.4 Å². The van der Waals surface area contributed by atoms with E-state index in [0.717, 1.165) is 13.0 Å². The number of ether oxygens (including phenoxy) is 6. The van der Waals surface area contributed by atoms with Gasteiger partial charge < -0.3 is 33.7 Å². The molecular weight excluding hydrogens is 486 g/mol. The first-order chi connectivity index (χ1) is 18.7. The Labute approximate surface area is 226 Å². The third kappa shape index (κ3) is 10.3. The van der Waals surface area contributed by atoms with Gasteiger partial charge in [0.2, 0.25) is 0 Å². The maximum absolute atomic E-state index is 12.2. The zero-order chi connectivity index (χ0) is 26.8. The van der Waals surface area contributed by atoms with Gasteiger partial charge in [0.05, 0.1) is 59.5 Å². The summed E-state index contributed by atoms with van der Waals surface area (Å²) in [4.78, 5) is 12.2. The standard InChI is InChI=1S/C30H43NO7/c1-3-24(2)22-37-21-20-36-19-18-35-17-16-34-15-14-33-13-12-31-30(32)38-23-29-27-10-6-4-8-25(27)26-9-5-7-11-28(26)29/h4-11,24,29H,3,12-23H2,1-2H3,(H,31,32). The molecule has 8 nitrogen and oxygen atoms in total. The van der Waals surface area contributed by atoms with Gasteiger partial charge >= 0.3 is 6.09 Å². The molecule has 0 bridgehead atoms. The summed E-state index contributed by atoms with van der Waals surface area (Å²) >= 11 is 0. The van der Waals surface area contributed by atoms with Crippen LogP contribution in [0.3, 0.4) is 0 Å². The van der Waals surface area contributed by atoms with Crippen LogP contribution in [0.15, 0.2) is 48.5 Å². The third-order valence-corrected chi connectivity index (χ3v) is 6.45. The first kappa shape index (κ1) is 30.1. The molecule has 8 heteroatoms. The zero-order valence-electron chi connectivity index (χ0n) is 22.8. The lowest BCUT2D eigenvalue weighted by Gasteiger charge is -2.14. The number of rotatable bonds is 20. The summed E-state index contributed by atoms with van der Waals surface area (Å²) in [6.45, 7) is 10.4. The van der Waals surface area contributed by atoms with Crippen molar-refractivity contribution in [2.75, 3.05) is 79.2 Å². The lowest BCUT2D eigenvalue weighted by molar-refractivity contribution is -0.0130. The van der Waals surface area contributed by atoms with Crippen molar-refractivity contribution in [1.82, 2.24) is 5.32 Å². The minimum Gasteiger partial charge on any atom is -0.449 e. The molecule has 1 aliphatic rings. The molecule has 38 heavy (non-hydrogen) atoms. The molecule has 0 heterocycles. The van der Waals surface area contributed by atoms with Crippen LogP contribution in [0, 0.1) is 5.92 Å². The molecule has 0 spiro atoms. The number of nitrogens with one attached hydrogen (secondary N) is 1. The highest BCUT2D eigenvalue weighted by Gasteiger charge is 2.28. The zero-order valence-corrected chi connectivity index (χ0v) is 22.8. The summed E-state index contributed by atoms with van der Waals surface area (Å²) < 4.78 is 33.0. The fourth-order valence-electron chi connectivity index (χ4n) is 4.16. The summed E-state index contributed by atoms with van der Waals surface area (Å²) in [7, 11) is 0. The van der Waals surface area contributed by atoms with Crippen molar-refractivity contribution in [3.05, 3.63) is 59.7 Å². The van der Waals surface area contributed by atoms with Crippen LogP contribution in [0.1, 0.15) is 37.3 Å². The second-order valence-electron chi connectivity index (χ2n) is 9.29. The monoisotopic (exact) mass is 529 g/mol. The van der Waals surface area contributed by atoms with E-state index in [0.29, 0.717) is 78.5 Å². The highest BCUT2D eigenvalue weighted by molar-refractivity contribution is 5.79. The highest BCUT2D eigenvalue weighted by Crippen LogP contribution is 2.44. The number of hydrogen-bond donors (Lipinski definition) is 1. The van der Waals surface area contributed by atoms with E-state index in [1.807, 2.05) is 24.3 Å². The maximum atomic E-state index is 12.2. The number of benzene rings is 2. The smallest absolute Gasteiger partial charge is 0.407 e. The maximum Gasteiger partial charge on any atom is 0.407 e. The molecule has 0 aromatic heterocycles. The van der Waals surface area contributed by atoms with Gasteiger partial charge in [-0.25, -0.2) is 4.79 Å². The van der Waals surface area contributed by atoms with Gasteiger partial charge in [-0.2, -0.15) is 0 Å². The van der Waals surface area contributed by atoms with Crippen LogP contribution in [0.25, 0.3) is 11.1 Å². The minimum absolute atomic E-state index is 0.0528. The first-order valence-corrected chi connectivity index (χ1v) is 13.7. The average molecular weight is 530 g/mol. The molecule has 0 aliphatic heterocycles. The van der Waals surface area contributed by atoms with Gasteiger partial charge in [0.15, 0.2) is 0 Å². The van der Waals surface area contributed by atoms with Gasteiger partial charge in [-0.1, -0.05) is 68.8 Å². The Morgan fingerprint density at radius 3 is 1.74 bits per heavy atom. The molecule has 2 aromatic rings. The van der Waals surface area contributed by atoms with Gasteiger partial charge in [-0.3, -0.25) is 0 Å². The normalized spacial score (nSPS) is 13.2. The van der Waals surface area contributed by atoms with Crippen LogP contribution in [-0.2, 0) is 28.4 Å². The predicted octanol–water partition coefficient (Wildman–Crippen LogP) is 4.65. The van der Waals surface area contributed by atoms with Crippen molar-refractivity contribution in [2.24, 2.45) is 5.92 Å². The number of fused-ring (bicyclic) bond motifs is 3. The van der Waals surface area contributed by atoms with Crippen molar-refractivity contribution < 1.29 is 33.2 Å². The Kier molecular flexibility index (Phi) is 14.2. The van der Waals surface area contributed by atoms with Crippen molar-refractivity contribution in [2.45, 2.75) is 26.2 Å². The second-order valence-corrected chi connectivity index (χ2v) is 9.29. The minimum atomic E-state index is -0.438. The fraction of sp³-hybridized carbons (Fsp3) is 0.567. The molecule has 3 rings (SSSR count). The molecule has 1 aliphatic carbocycles. The summed E-state index contributed by atoms with van der Waals surface area (Å²) in [5.74, 6) is 0.645. The average Bonchev–Trinajstić information content (AvgIpc) is 3.27. The number of amides is 1. The summed E-state index contributed by atoms with van der Waals surface area (Å²) in [6, 6.07) is 16.6. The largest absolute Gasteiger partial charge is 0.449 e. The first-order valence-electron chi connectivity index (χ1n) is 13.7. The second kappa shape index (κ2) is 17.9. The van der Waals surface area contributed by atoms with Gasteiger partial charge in [0.1, 0.15) is 6.61 Å². The van der Waals surface area contributed by atoms with Crippen LogP contribution < -0.4 is 5.32 Å². The van der Waals surface area contributed by atoms with E-state index in [9.17, 15) is 4.79 Å². The summed E-state index contributed by atoms with van der Waals surface area (Å²) in [6.07, 6.45) is 0.690. The summed E-state index contributed by atoms with van der Waals surface area (Å²) in [5.41, 5.74) is 4.81. The fourth-order valence-corrected chi connectivity index (χ4v) is 4.16. The molecule has 1 atom stereocenters. The van der Waals surface area contributed by atoms with Crippen molar-refractivity contribution in [3.8, 4) is 11.1 Å². The number of alkyl carbamates (subject to hydrolysis) is 1. The molecule has 1 N–H and O–H groups in total. The Bertz CT molecular complexity index is 893. The quantitative estimate of drug-likeness (QED) is 0.250. The van der Waals surface area contributed by atoms with E-state index in [-0.39, 0.29) is 5.92 Å². The molecule has 1 amide bonds. The van der Waals surface area contributed by atoms with E-state index in [1.54, 1.807) is 0 Å². The van der Waals surface area contributed by atoms with Crippen LogP contribution in [0.2, 0.25) is 0 Å². The summed E-state index contributed by atoms with van der Waals surface area (Å²) in [5, 5.41) is 2.74. The van der Waals surface area contributed by atoms with E-state index in [2.05, 4.69) is 43.4 Å². The molecule has 0 radical (unpaired) electrons. The van der Waals surface area contributed by atoms with E-state index >= 15 is 0 Å². The molecule has 1 unspecified atom stereocenters. The van der Waals surface area contributed by atoms with Crippen molar-refractivity contribution in [3.63, 3.8) is 0 Å². The number of carbonyl (C=O) groups excluding carboxylic acids is 1. The van der Waals surface area contributed by atoms with Crippen molar-refractivity contribution in [1.29, 1.82) is 0 Å². The van der Waals surface area contributed by atoms with Crippen LogP contribution >= 0.6 is 0 Å². The van der Waals surface area contributed by atoms with Crippen LogP contribution in [0.5, 0.6) is 0 Å². The van der Waals surface area contributed by atoms with Crippen molar-refractivity contribution >= 4 is 6.09 Å². The topological polar surface area (TPSA) is 84.5 Å². The third-order valence-electron chi connectivity index (χ3n) is 6.45. The Balaban J connectivity index is 1.11. The van der Waals surface area contributed by atoms with Gasteiger partial charge in [0.25, 0.3) is 0 Å². The lowest BCUT2D eigenvalue weighted by atomic mass is 9.98. The predicted molar refractivity (Wildman–Crippen MR) is 147 cm³/mol. The van der Waals surface area contributed by atoms with Crippen LogP contribution in [0.4, 0.5) is 4.79 Å². The van der Waals surface area contributed by atoms with Crippen LogP contribution in [-0.4, -0.2) is 85.3 Å². The van der Waals surface area contributed by atoms with Gasteiger partial charge in [0, 0.05) is 19.1 Å². The molecule has 0 saturated carbocycles. The number of carbonyl (C=O) groups is 1. The highest BCUT2D eigenvalue weighted by atomic mass is 16.6. The lowest BCUT2D eigenvalue weighted by Crippen LogP contribution is -2.29. The van der Waals surface area contributed by atoms with Gasteiger partial charge in [-0.05, 0) is 28.2 Å². The van der Waals surface area contributed by atoms with E-state index in [1.165, 1.54) is 22.3 Å². The SMILES string of the molecule is CCC(C)COCCOCCOCCOCCOCCNC(=O)OCC1c2ccccc2-c2ccccc21. The number of hydrogen-bond acceptors (Lipinski definition) is 7.